The van der Waals surface area contributed by atoms with Crippen LogP contribution in [0.1, 0.15) is 13.8 Å². The first kappa shape index (κ1) is 15.8. The Labute approximate surface area is 103 Å². The fourth-order valence-electron chi connectivity index (χ4n) is 1.43. The van der Waals surface area contributed by atoms with Crippen molar-refractivity contribution in [1.82, 2.24) is 0 Å². The van der Waals surface area contributed by atoms with Crippen molar-refractivity contribution in [2.45, 2.75) is 13.8 Å². The summed E-state index contributed by atoms with van der Waals surface area (Å²) in [7, 11) is -0.933. The molecule has 0 amide bonds. The first-order valence-electron chi connectivity index (χ1n) is 5.42. The third-order valence-corrected chi connectivity index (χ3v) is 2.28. The average Bonchev–Trinajstić information content (AvgIpc) is 2.31. The third-order valence-electron chi connectivity index (χ3n) is 2.28. The Morgan fingerprint density at radius 3 is 1.88 bits per heavy atom. The molecule has 0 atom stereocenters. The molecule has 1 aromatic carbocycles. The molecule has 0 fully saturated rings. The molecule has 0 radical (unpaired) electrons. The number of nitrogens with one attached hydrogen (secondary N) is 1. The maximum atomic E-state index is 8.70. The molecule has 0 aromatic heterocycles. The van der Waals surface area contributed by atoms with E-state index in [9.17, 15) is 0 Å². The highest BCUT2D eigenvalue weighted by molar-refractivity contribution is 7.30. The molecule has 3 N–H and O–H groups in total. The second-order valence-corrected chi connectivity index (χ2v) is 3.73. The highest BCUT2D eigenvalue weighted by Crippen LogP contribution is 2.16. The Balaban J connectivity index is 0.000000557. The topological polar surface area (TPSA) is 72.8 Å². The highest BCUT2D eigenvalue weighted by Gasteiger charge is 1.99. The van der Waals surface area contributed by atoms with Gasteiger partial charge in [-0.1, -0.05) is 0 Å². The fourth-order valence-corrected chi connectivity index (χ4v) is 1.43. The maximum Gasteiger partial charge on any atom is 0.692 e. The van der Waals surface area contributed by atoms with Gasteiger partial charge in [0.2, 0.25) is 0 Å². The monoisotopic (exact) mass is 259 g/mol. The Hall–Kier alpha value is -1.16. The van der Waals surface area contributed by atoms with Crippen LogP contribution in [-0.2, 0) is 4.57 Å². The second-order valence-electron chi connectivity index (χ2n) is 3.22. The fraction of sp³-hybridized carbons (Fsp3) is 0.455. The van der Waals surface area contributed by atoms with E-state index in [0.717, 1.165) is 18.8 Å². The van der Waals surface area contributed by atoms with Crippen molar-refractivity contribution in [3.63, 3.8) is 0 Å². The summed E-state index contributed by atoms with van der Waals surface area (Å²) in [5.41, 5.74) is 2.46. The van der Waals surface area contributed by atoms with E-state index in [4.69, 9.17) is 14.4 Å². The smallest absolute Gasteiger partial charge is 0.388 e. The molecule has 5 nitrogen and oxygen atoms in total. The summed E-state index contributed by atoms with van der Waals surface area (Å²) in [4.78, 5) is 16.6. The number of nitrogens with zero attached hydrogens (tertiary/aromatic N) is 1. The molecule has 0 aliphatic rings. The van der Waals surface area contributed by atoms with E-state index >= 15 is 0 Å². The van der Waals surface area contributed by atoms with Crippen LogP contribution in [0.5, 0.6) is 0 Å². The van der Waals surface area contributed by atoms with Gasteiger partial charge in [-0.2, -0.15) is 0 Å². The number of anilines is 2. The molecule has 1 aromatic rings. The van der Waals surface area contributed by atoms with Crippen LogP contribution in [0, 0.1) is 0 Å². The second kappa shape index (κ2) is 8.93. The van der Waals surface area contributed by atoms with Gasteiger partial charge in [0.25, 0.3) is 0 Å². The van der Waals surface area contributed by atoms with Crippen molar-refractivity contribution in [1.29, 1.82) is 0 Å². The lowest BCUT2D eigenvalue weighted by atomic mass is 10.2. The van der Waals surface area contributed by atoms with E-state index < -0.39 is 8.25 Å². The molecule has 0 saturated carbocycles. The zero-order chi connectivity index (χ0) is 13.3. The lowest BCUT2D eigenvalue weighted by molar-refractivity contribution is 0.405. The van der Waals surface area contributed by atoms with Crippen LogP contribution < -0.4 is 10.2 Å². The van der Waals surface area contributed by atoms with E-state index in [1.165, 1.54) is 5.69 Å². The highest BCUT2D eigenvalue weighted by atomic mass is 31.1. The zero-order valence-corrected chi connectivity index (χ0v) is 11.3. The summed E-state index contributed by atoms with van der Waals surface area (Å²) in [6, 6.07) is 8.51. The Kier molecular flexibility index (Phi) is 8.32. The van der Waals surface area contributed by atoms with E-state index in [-0.39, 0.29) is 0 Å². The lowest BCUT2D eigenvalue weighted by Crippen LogP contribution is -2.21. The molecule has 17 heavy (non-hydrogen) atoms. The number of hydrogen-bond acceptors (Lipinski definition) is 3. The molecule has 0 spiro atoms. The summed E-state index contributed by atoms with van der Waals surface area (Å²) in [5.74, 6) is 0. The van der Waals surface area contributed by atoms with Crippen molar-refractivity contribution >= 4 is 19.6 Å². The first-order chi connectivity index (χ1) is 8.04. The van der Waals surface area contributed by atoms with Gasteiger partial charge in [-0.25, -0.2) is 0 Å². The number of hydrogen-bond donors (Lipinski definition) is 3. The molecular weight excluding hydrogens is 239 g/mol. The van der Waals surface area contributed by atoms with Crippen molar-refractivity contribution < 1.29 is 14.4 Å². The van der Waals surface area contributed by atoms with Crippen LogP contribution in [-0.4, -0.2) is 29.9 Å². The Morgan fingerprint density at radius 2 is 1.59 bits per heavy atom. The van der Waals surface area contributed by atoms with Gasteiger partial charge < -0.3 is 10.2 Å². The van der Waals surface area contributed by atoms with Gasteiger partial charge in [-0.15, -0.1) is 9.79 Å². The van der Waals surface area contributed by atoms with Gasteiger partial charge in [-0.3, -0.25) is 0 Å². The molecule has 0 bridgehead atoms. The summed E-state index contributed by atoms with van der Waals surface area (Å²) < 4.78 is 8.70. The van der Waals surface area contributed by atoms with Crippen LogP contribution in [0.3, 0.4) is 0 Å². The van der Waals surface area contributed by atoms with Crippen molar-refractivity contribution in [2.75, 3.05) is 30.4 Å². The molecule has 1 rings (SSSR count). The quantitative estimate of drug-likeness (QED) is 0.723. The van der Waals surface area contributed by atoms with Gasteiger partial charge in [0.1, 0.15) is 0 Å². The summed E-state index contributed by atoms with van der Waals surface area (Å²) >= 11 is 0. The van der Waals surface area contributed by atoms with Crippen LogP contribution >= 0.6 is 8.25 Å². The van der Waals surface area contributed by atoms with Crippen LogP contribution in [0.25, 0.3) is 0 Å². The lowest BCUT2D eigenvalue weighted by Gasteiger charge is -2.21. The van der Waals surface area contributed by atoms with Crippen molar-refractivity contribution in [3.8, 4) is 0 Å². The molecule has 0 aliphatic carbocycles. The van der Waals surface area contributed by atoms with Crippen LogP contribution in [0.15, 0.2) is 24.3 Å². The summed E-state index contributed by atoms with van der Waals surface area (Å²) in [6.45, 7) is 6.48. The summed E-state index contributed by atoms with van der Waals surface area (Å²) in [5, 5.41) is 3.11. The molecular formula is C11H20N2O3P+. The third kappa shape index (κ3) is 6.89. The van der Waals surface area contributed by atoms with E-state index in [2.05, 4.69) is 48.3 Å². The summed E-state index contributed by atoms with van der Waals surface area (Å²) in [6.07, 6.45) is 0. The number of rotatable bonds is 4. The normalized spacial score (nSPS) is 9.00. The molecule has 0 saturated heterocycles. The molecule has 0 aliphatic heterocycles. The van der Waals surface area contributed by atoms with Gasteiger partial charge >= 0.3 is 8.25 Å². The van der Waals surface area contributed by atoms with Crippen LogP contribution in [0.2, 0.25) is 0 Å². The van der Waals surface area contributed by atoms with Crippen molar-refractivity contribution in [3.05, 3.63) is 24.3 Å². The van der Waals surface area contributed by atoms with E-state index in [0.29, 0.717) is 0 Å². The minimum atomic E-state index is -2.87. The maximum absolute atomic E-state index is 8.70. The average molecular weight is 259 g/mol. The zero-order valence-electron chi connectivity index (χ0n) is 10.4. The molecule has 0 heterocycles. The molecule has 0 unspecified atom stereocenters. The standard InChI is InChI=1S/C11H18N2.HO3P/c1-4-13(5-2)11-8-6-10(12-3)7-9-11;1-4(2)3/h6-9,12H,4-5H2,1-3H3;(H-,1,2,3)/p+1. The predicted molar refractivity (Wildman–Crippen MR) is 71.6 cm³/mol. The first-order valence-corrected chi connectivity index (χ1v) is 6.59. The number of benzene rings is 1. The van der Waals surface area contributed by atoms with E-state index in [1.54, 1.807) is 0 Å². The van der Waals surface area contributed by atoms with Gasteiger partial charge in [0, 0.05) is 36.1 Å². The Morgan fingerprint density at radius 1 is 1.18 bits per heavy atom. The minimum absolute atomic E-state index is 1.06. The Bertz CT molecular complexity index is 322. The van der Waals surface area contributed by atoms with Crippen LogP contribution in [0.4, 0.5) is 11.4 Å². The largest absolute Gasteiger partial charge is 0.692 e. The van der Waals surface area contributed by atoms with Gasteiger partial charge in [0.05, 0.1) is 0 Å². The minimum Gasteiger partial charge on any atom is -0.388 e. The van der Waals surface area contributed by atoms with Gasteiger partial charge in [-0.05, 0) is 38.1 Å². The molecule has 6 heteroatoms. The van der Waals surface area contributed by atoms with E-state index in [1.807, 2.05) is 7.05 Å². The molecule has 96 valence electrons. The van der Waals surface area contributed by atoms with Crippen molar-refractivity contribution in [2.24, 2.45) is 0 Å². The predicted octanol–water partition coefficient (Wildman–Crippen LogP) is 2.20. The van der Waals surface area contributed by atoms with Gasteiger partial charge in [0.15, 0.2) is 0 Å². The SMILES string of the molecule is CCN(CC)c1ccc(NC)cc1.O=[P+](O)O.